The lowest BCUT2D eigenvalue weighted by Crippen LogP contribution is -2.56. The van der Waals surface area contributed by atoms with Crippen LogP contribution in [-0.2, 0) is 4.74 Å². The molecule has 2 heterocycles. The smallest absolute Gasteiger partial charge is 0.326 e. The average Bonchev–Trinajstić information content (AvgIpc) is 3.07. The van der Waals surface area contributed by atoms with Crippen molar-refractivity contribution in [1.82, 2.24) is 14.5 Å². The van der Waals surface area contributed by atoms with Crippen LogP contribution in [0.15, 0.2) is 23.0 Å². The molecule has 0 unspecified atom stereocenters. The highest BCUT2D eigenvalue weighted by molar-refractivity contribution is 5.85. The Labute approximate surface area is 184 Å². The molecule has 2 aromatic rings. The quantitative estimate of drug-likeness (QED) is 0.705. The van der Waals surface area contributed by atoms with Crippen LogP contribution in [0.4, 0.5) is 4.39 Å². The molecule has 5 nitrogen and oxygen atoms in total. The van der Waals surface area contributed by atoms with Gasteiger partial charge in [-0.25, -0.2) is 9.18 Å². The fraction of sp³-hybridized carbons (Fsp3) is 0.696. The molecular formula is C23H35ClFN3O2. The van der Waals surface area contributed by atoms with Crippen LogP contribution in [0.25, 0.3) is 11.0 Å². The predicted molar refractivity (Wildman–Crippen MR) is 122 cm³/mol. The summed E-state index contributed by atoms with van der Waals surface area (Å²) in [5.74, 6) is 0. The standard InChI is InChI=1S/C23H34FN3O2.ClH/c1-3-14-29-19-6-10-23(16-24,11-7-19)26-12-8-18(9-13-26)27-21-15-17(2)4-5-20(21)25-22(27)28;/h4-5,15,18-19H,3,6-14,16H2,1-2H3,(H,25,28);1H. The number of aromatic amines is 1. The van der Waals surface area contributed by atoms with Crippen LogP contribution in [0.5, 0.6) is 0 Å². The zero-order valence-electron chi connectivity index (χ0n) is 18.2. The van der Waals surface area contributed by atoms with E-state index in [2.05, 4.69) is 29.8 Å². The molecule has 168 valence electrons. The molecule has 1 aliphatic heterocycles. The van der Waals surface area contributed by atoms with Gasteiger partial charge < -0.3 is 9.72 Å². The molecular weight excluding hydrogens is 405 g/mol. The first kappa shape index (κ1) is 23.3. The molecule has 0 radical (unpaired) electrons. The lowest BCUT2D eigenvalue weighted by Gasteiger charge is -2.49. The highest BCUT2D eigenvalue weighted by Crippen LogP contribution is 2.38. The first-order valence-corrected chi connectivity index (χ1v) is 11.2. The van der Waals surface area contributed by atoms with Gasteiger partial charge in [0.1, 0.15) is 6.67 Å². The van der Waals surface area contributed by atoms with Crippen LogP contribution in [0, 0.1) is 6.92 Å². The number of aryl methyl sites for hydroxylation is 1. The number of nitrogens with one attached hydrogen (secondary N) is 1. The highest BCUT2D eigenvalue weighted by atomic mass is 35.5. The van der Waals surface area contributed by atoms with Crippen LogP contribution in [-0.4, -0.2) is 52.5 Å². The number of nitrogens with zero attached hydrogens (tertiary/aromatic N) is 2. The van der Waals surface area contributed by atoms with Crippen LogP contribution in [0.2, 0.25) is 0 Å². The van der Waals surface area contributed by atoms with E-state index in [1.54, 1.807) is 0 Å². The Morgan fingerprint density at radius 2 is 1.90 bits per heavy atom. The van der Waals surface area contributed by atoms with E-state index in [0.29, 0.717) is 6.10 Å². The molecule has 1 aromatic carbocycles. The number of rotatable bonds is 6. The van der Waals surface area contributed by atoms with Gasteiger partial charge in [0.05, 0.1) is 17.1 Å². The number of ether oxygens (including phenoxy) is 1. The third kappa shape index (κ3) is 4.46. The van der Waals surface area contributed by atoms with Gasteiger partial charge in [-0.15, -0.1) is 12.4 Å². The normalized spacial score (nSPS) is 26.0. The highest BCUT2D eigenvalue weighted by Gasteiger charge is 2.42. The maximum atomic E-state index is 14.2. The summed E-state index contributed by atoms with van der Waals surface area (Å²) in [4.78, 5) is 17.9. The van der Waals surface area contributed by atoms with E-state index in [1.807, 2.05) is 16.7 Å². The van der Waals surface area contributed by atoms with Crippen molar-refractivity contribution in [2.24, 2.45) is 0 Å². The maximum Gasteiger partial charge on any atom is 0.326 e. The van der Waals surface area contributed by atoms with Crippen molar-refractivity contribution in [2.45, 2.75) is 76.5 Å². The van der Waals surface area contributed by atoms with Gasteiger partial charge in [-0.2, -0.15) is 0 Å². The second kappa shape index (κ2) is 9.84. The van der Waals surface area contributed by atoms with Crippen molar-refractivity contribution in [3.63, 3.8) is 0 Å². The second-order valence-electron chi connectivity index (χ2n) is 8.97. The summed E-state index contributed by atoms with van der Waals surface area (Å²) >= 11 is 0. The van der Waals surface area contributed by atoms with E-state index in [4.69, 9.17) is 4.74 Å². The molecule has 2 fully saturated rings. The summed E-state index contributed by atoms with van der Waals surface area (Å²) in [7, 11) is 0. The van der Waals surface area contributed by atoms with Gasteiger partial charge in [0.15, 0.2) is 0 Å². The fourth-order valence-electron chi connectivity index (χ4n) is 5.31. The second-order valence-corrected chi connectivity index (χ2v) is 8.97. The first-order chi connectivity index (χ1) is 14.1. The van der Waals surface area contributed by atoms with E-state index < -0.39 is 0 Å². The molecule has 0 amide bonds. The SMILES string of the molecule is CCCOC1CCC(CF)(N2CCC(n3c(=O)[nH]c4ccc(C)cc43)CC2)CC1.Cl. The molecule has 1 saturated carbocycles. The van der Waals surface area contributed by atoms with Gasteiger partial charge in [0.25, 0.3) is 0 Å². The molecule has 1 aliphatic carbocycles. The number of aromatic nitrogens is 2. The van der Waals surface area contributed by atoms with Crippen molar-refractivity contribution in [2.75, 3.05) is 26.4 Å². The lowest BCUT2D eigenvalue weighted by molar-refractivity contribution is -0.0470. The number of imidazole rings is 1. The Morgan fingerprint density at radius 1 is 1.20 bits per heavy atom. The van der Waals surface area contributed by atoms with Crippen LogP contribution in [0.3, 0.4) is 0 Å². The van der Waals surface area contributed by atoms with Crippen molar-refractivity contribution < 1.29 is 9.13 Å². The van der Waals surface area contributed by atoms with Crippen molar-refractivity contribution in [3.8, 4) is 0 Å². The Hall–Kier alpha value is -1.37. The van der Waals surface area contributed by atoms with Gasteiger partial charge in [0, 0.05) is 31.3 Å². The zero-order valence-corrected chi connectivity index (χ0v) is 19.0. The summed E-state index contributed by atoms with van der Waals surface area (Å²) in [6.45, 7) is 6.39. The number of alkyl halides is 1. The first-order valence-electron chi connectivity index (χ1n) is 11.2. The van der Waals surface area contributed by atoms with Crippen LogP contribution < -0.4 is 5.69 Å². The summed E-state index contributed by atoms with van der Waals surface area (Å²) in [6, 6.07) is 6.27. The molecule has 0 bridgehead atoms. The molecule has 30 heavy (non-hydrogen) atoms. The number of halogens is 2. The van der Waals surface area contributed by atoms with Gasteiger partial charge in [-0.05, 0) is 69.6 Å². The molecule has 1 saturated heterocycles. The monoisotopic (exact) mass is 439 g/mol. The zero-order chi connectivity index (χ0) is 20.4. The molecule has 1 N–H and O–H groups in total. The number of H-pyrrole nitrogens is 1. The van der Waals surface area contributed by atoms with Gasteiger partial charge in [-0.3, -0.25) is 9.47 Å². The van der Waals surface area contributed by atoms with Crippen LogP contribution >= 0.6 is 12.4 Å². The number of fused-ring (bicyclic) bond motifs is 1. The van der Waals surface area contributed by atoms with E-state index >= 15 is 0 Å². The number of likely N-dealkylation sites (tertiary alicyclic amines) is 1. The van der Waals surface area contributed by atoms with Gasteiger partial charge >= 0.3 is 5.69 Å². The third-order valence-corrected chi connectivity index (χ3v) is 7.04. The molecule has 1 aromatic heterocycles. The minimum absolute atomic E-state index is 0. The molecule has 0 spiro atoms. The molecule has 7 heteroatoms. The lowest BCUT2D eigenvalue weighted by atomic mass is 9.78. The maximum absolute atomic E-state index is 14.2. The number of piperidine rings is 1. The minimum Gasteiger partial charge on any atom is -0.378 e. The summed E-state index contributed by atoms with van der Waals surface area (Å²) < 4.78 is 22.1. The van der Waals surface area contributed by atoms with Crippen LogP contribution in [0.1, 0.15) is 63.5 Å². The topological polar surface area (TPSA) is 50.3 Å². The average molecular weight is 440 g/mol. The van der Waals surface area contributed by atoms with Gasteiger partial charge in [0.2, 0.25) is 0 Å². The Bertz CT molecular complexity index is 880. The van der Waals surface area contributed by atoms with Gasteiger partial charge in [-0.1, -0.05) is 13.0 Å². The number of hydrogen-bond acceptors (Lipinski definition) is 3. The van der Waals surface area contributed by atoms with E-state index in [-0.39, 0.29) is 36.4 Å². The Kier molecular flexibility index (Phi) is 7.64. The summed E-state index contributed by atoms with van der Waals surface area (Å²) in [6.07, 6.45) is 6.74. The number of benzene rings is 1. The van der Waals surface area contributed by atoms with Crippen molar-refractivity contribution in [1.29, 1.82) is 0 Å². The van der Waals surface area contributed by atoms with E-state index in [9.17, 15) is 9.18 Å². The van der Waals surface area contributed by atoms with Crippen molar-refractivity contribution >= 4 is 23.4 Å². The molecule has 0 atom stereocenters. The largest absolute Gasteiger partial charge is 0.378 e. The number of hydrogen-bond donors (Lipinski definition) is 1. The van der Waals surface area contributed by atoms with E-state index in [0.717, 1.165) is 81.2 Å². The predicted octanol–water partition coefficient (Wildman–Crippen LogP) is 4.77. The van der Waals surface area contributed by atoms with E-state index in [1.165, 1.54) is 0 Å². The Balaban J connectivity index is 0.00000256. The third-order valence-electron chi connectivity index (χ3n) is 7.04. The van der Waals surface area contributed by atoms with Crippen molar-refractivity contribution in [3.05, 3.63) is 34.2 Å². The Morgan fingerprint density at radius 3 is 2.53 bits per heavy atom. The summed E-state index contributed by atoms with van der Waals surface area (Å²) in [5.41, 5.74) is 2.67. The molecule has 2 aliphatic rings. The fourth-order valence-corrected chi connectivity index (χ4v) is 5.31. The molecule has 4 rings (SSSR count). The minimum atomic E-state index is -0.335. The summed E-state index contributed by atoms with van der Waals surface area (Å²) in [5, 5.41) is 0.